The number of phenolic OH excluding ortho intramolecular Hbond substituents is 1. The maximum absolute atomic E-state index is 11.1. The molecule has 4 N–H and O–H groups in total. The number of phenols is 1. The normalized spacial score (nSPS) is 11.1. The van der Waals surface area contributed by atoms with Gasteiger partial charge in [0.15, 0.2) is 5.65 Å². The van der Waals surface area contributed by atoms with Gasteiger partial charge in [-0.1, -0.05) is 42.5 Å². The van der Waals surface area contributed by atoms with E-state index in [0.29, 0.717) is 43.0 Å². The first-order valence-corrected chi connectivity index (χ1v) is 11.5. The van der Waals surface area contributed by atoms with Gasteiger partial charge in [-0.3, -0.25) is 4.40 Å². The molecular weight excluding hydrogens is 440 g/mol. The van der Waals surface area contributed by atoms with Crippen molar-refractivity contribution >= 4 is 5.65 Å². The van der Waals surface area contributed by atoms with E-state index in [4.69, 9.17) is 20.4 Å². The van der Waals surface area contributed by atoms with Crippen LogP contribution < -0.4 is 10.5 Å². The third-order valence-electron chi connectivity index (χ3n) is 5.78. The summed E-state index contributed by atoms with van der Waals surface area (Å²) in [6, 6.07) is 24.6. The Morgan fingerprint density at radius 2 is 1.46 bits per heavy atom. The highest BCUT2D eigenvalue weighted by atomic mass is 16.5. The standard InChI is InChI=1S/C28H26N4O3/c29-14-15-35-23-12-6-20(7-13-23)17-25-28(34)32-18-26(21-8-10-22(33)11-9-21)30-24(27(32)31-25)16-19-4-2-1-3-5-19/h1-13,18,33-34H,14-17,29H2. The summed E-state index contributed by atoms with van der Waals surface area (Å²) in [6.45, 7) is 0.926. The summed E-state index contributed by atoms with van der Waals surface area (Å²) in [5.74, 6) is 1.03. The molecule has 0 fully saturated rings. The number of imidazole rings is 1. The fraction of sp³-hybridized carbons (Fsp3) is 0.143. The van der Waals surface area contributed by atoms with Gasteiger partial charge in [-0.25, -0.2) is 9.97 Å². The number of ether oxygens (including phenoxy) is 1. The topological polar surface area (TPSA) is 106 Å². The van der Waals surface area contributed by atoms with Crippen molar-refractivity contribution in [2.75, 3.05) is 13.2 Å². The first kappa shape index (κ1) is 22.4. The zero-order chi connectivity index (χ0) is 24.2. The van der Waals surface area contributed by atoms with Crippen LogP contribution in [0.3, 0.4) is 0 Å². The lowest BCUT2D eigenvalue weighted by molar-refractivity contribution is 0.328. The molecular formula is C28H26N4O3. The molecule has 3 aromatic carbocycles. The van der Waals surface area contributed by atoms with Crippen LogP contribution in [0.5, 0.6) is 17.4 Å². The molecule has 0 aliphatic heterocycles. The van der Waals surface area contributed by atoms with E-state index in [1.165, 1.54) is 0 Å². The molecule has 2 aromatic heterocycles. The summed E-state index contributed by atoms with van der Waals surface area (Å²) in [4.78, 5) is 9.68. The molecule has 7 heteroatoms. The van der Waals surface area contributed by atoms with Crippen LogP contribution in [-0.4, -0.2) is 37.7 Å². The highest BCUT2D eigenvalue weighted by Crippen LogP contribution is 2.29. The van der Waals surface area contributed by atoms with E-state index < -0.39 is 0 Å². The maximum Gasteiger partial charge on any atom is 0.219 e. The first-order chi connectivity index (χ1) is 17.1. The van der Waals surface area contributed by atoms with Crippen LogP contribution in [-0.2, 0) is 12.8 Å². The minimum atomic E-state index is 0.0835. The van der Waals surface area contributed by atoms with Crippen LogP contribution in [0.25, 0.3) is 16.9 Å². The lowest BCUT2D eigenvalue weighted by atomic mass is 10.1. The highest BCUT2D eigenvalue weighted by Gasteiger charge is 2.18. The average Bonchev–Trinajstić information content (AvgIpc) is 3.20. The summed E-state index contributed by atoms with van der Waals surface area (Å²) >= 11 is 0. The molecule has 5 aromatic rings. The Balaban J connectivity index is 1.54. The van der Waals surface area contributed by atoms with Gasteiger partial charge in [0.05, 0.1) is 11.4 Å². The zero-order valence-electron chi connectivity index (χ0n) is 19.1. The molecule has 0 saturated heterocycles. The van der Waals surface area contributed by atoms with Gasteiger partial charge in [0, 0.05) is 31.1 Å². The predicted octanol–water partition coefficient (Wildman–Crippen LogP) is 4.33. The Hall–Kier alpha value is -4.36. The molecule has 0 aliphatic rings. The Morgan fingerprint density at radius 1 is 0.771 bits per heavy atom. The van der Waals surface area contributed by atoms with E-state index in [1.54, 1.807) is 34.9 Å². The molecule has 0 amide bonds. The molecule has 5 rings (SSSR count). The van der Waals surface area contributed by atoms with Gasteiger partial charge in [-0.15, -0.1) is 0 Å². The van der Waals surface area contributed by atoms with Gasteiger partial charge < -0.3 is 20.7 Å². The summed E-state index contributed by atoms with van der Waals surface area (Å²) < 4.78 is 7.24. The van der Waals surface area contributed by atoms with Gasteiger partial charge in [-0.05, 0) is 47.5 Å². The van der Waals surface area contributed by atoms with E-state index in [0.717, 1.165) is 28.1 Å². The van der Waals surface area contributed by atoms with Crippen LogP contribution in [0.4, 0.5) is 0 Å². The fourth-order valence-electron chi connectivity index (χ4n) is 4.01. The van der Waals surface area contributed by atoms with Crippen molar-refractivity contribution < 1.29 is 14.9 Å². The first-order valence-electron chi connectivity index (χ1n) is 11.5. The van der Waals surface area contributed by atoms with Crippen LogP contribution in [0.15, 0.2) is 85.1 Å². The second-order valence-corrected chi connectivity index (χ2v) is 8.32. The molecule has 0 bridgehead atoms. The SMILES string of the molecule is NCCOc1ccc(Cc2nc3c(Cc4ccccc4)nc(-c4ccc(O)cc4)cn3c2O)cc1. The lowest BCUT2D eigenvalue weighted by Crippen LogP contribution is -2.10. The van der Waals surface area contributed by atoms with Gasteiger partial charge in [0.25, 0.3) is 0 Å². The van der Waals surface area contributed by atoms with Crippen molar-refractivity contribution in [1.29, 1.82) is 0 Å². The number of fused-ring (bicyclic) bond motifs is 1. The van der Waals surface area contributed by atoms with Gasteiger partial charge in [-0.2, -0.15) is 0 Å². The number of rotatable bonds is 8. The summed E-state index contributed by atoms with van der Waals surface area (Å²) in [7, 11) is 0. The number of aromatic nitrogens is 3. The van der Waals surface area contributed by atoms with E-state index in [-0.39, 0.29) is 11.6 Å². The fourth-order valence-corrected chi connectivity index (χ4v) is 4.01. The molecule has 35 heavy (non-hydrogen) atoms. The third kappa shape index (κ3) is 4.95. The number of nitrogens with zero attached hydrogens (tertiary/aromatic N) is 3. The van der Waals surface area contributed by atoms with Crippen molar-refractivity contribution in [3.8, 4) is 28.6 Å². The van der Waals surface area contributed by atoms with Crippen LogP contribution in [0.1, 0.15) is 22.5 Å². The molecule has 0 atom stereocenters. The quantitative estimate of drug-likeness (QED) is 0.314. The lowest BCUT2D eigenvalue weighted by Gasteiger charge is -2.08. The molecule has 0 aliphatic carbocycles. The maximum atomic E-state index is 11.1. The number of hydrogen-bond donors (Lipinski definition) is 3. The smallest absolute Gasteiger partial charge is 0.219 e. The molecule has 2 heterocycles. The minimum absolute atomic E-state index is 0.0835. The highest BCUT2D eigenvalue weighted by molar-refractivity contribution is 5.64. The number of nitrogens with two attached hydrogens (primary N) is 1. The second kappa shape index (κ2) is 9.87. The monoisotopic (exact) mass is 466 g/mol. The van der Waals surface area contributed by atoms with Crippen molar-refractivity contribution in [3.63, 3.8) is 0 Å². The number of hydrogen-bond acceptors (Lipinski definition) is 6. The summed E-state index contributed by atoms with van der Waals surface area (Å²) in [5.41, 5.74) is 11.1. The number of aromatic hydroxyl groups is 2. The average molecular weight is 467 g/mol. The third-order valence-corrected chi connectivity index (χ3v) is 5.78. The van der Waals surface area contributed by atoms with Crippen molar-refractivity contribution in [1.82, 2.24) is 14.4 Å². The summed E-state index contributed by atoms with van der Waals surface area (Å²) in [6.07, 6.45) is 2.81. The molecule has 0 spiro atoms. The zero-order valence-corrected chi connectivity index (χ0v) is 19.1. The largest absolute Gasteiger partial charge is 0.508 e. The van der Waals surface area contributed by atoms with E-state index >= 15 is 0 Å². The second-order valence-electron chi connectivity index (χ2n) is 8.32. The molecule has 0 saturated carbocycles. The summed E-state index contributed by atoms with van der Waals surface area (Å²) in [5, 5.41) is 20.8. The van der Waals surface area contributed by atoms with Gasteiger partial charge in [0.1, 0.15) is 23.8 Å². The van der Waals surface area contributed by atoms with Crippen molar-refractivity contribution in [3.05, 3.63) is 108 Å². The number of benzene rings is 3. The van der Waals surface area contributed by atoms with E-state index in [1.807, 2.05) is 54.6 Å². The Bertz CT molecular complexity index is 1430. The Labute approximate surface area is 203 Å². The minimum Gasteiger partial charge on any atom is -0.508 e. The van der Waals surface area contributed by atoms with Crippen molar-refractivity contribution in [2.24, 2.45) is 5.73 Å². The van der Waals surface area contributed by atoms with Crippen LogP contribution >= 0.6 is 0 Å². The van der Waals surface area contributed by atoms with E-state index in [9.17, 15) is 10.2 Å². The van der Waals surface area contributed by atoms with E-state index in [2.05, 4.69) is 0 Å². The Kier molecular flexibility index (Phi) is 6.32. The van der Waals surface area contributed by atoms with Gasteiger partial charge >= 0.3 is 0 Å². The van der Waals surface area contributed by atoms with Gasteiger partial charge in [0.2, 0.25) is 5.88 Å². The Morgan fingerprint density at radius 3 is 2.17 bits per heavy atom. The van der Waals surface area contributed by atoms with Crippen LogP contribution in [0, 0.1) is 0 Å². The molecule has 0 radical (unpaired) electrons. The molecule has 176 valence electrons. The molecule has 0 unspecified atom stereocenters. The van der Waals surface area contributed by atoms with Crippen LogP contribution in [0.2, 0.25) is 0 Å². The molecule has 7 nitrogen and oxygen atoms in total. The predicted molar refractivity (Wildman–Crippen MR) is 135 cm³/mol. The van der Waals surface area contributed by atoms with Crippen molar-refractivity contribution in [2.45, 2.75) is 12.8 Å².